The van der Waals surface area contributed by atoms with Crippen LogP contribution in [0.3, 0.4) is 0 Å². The molecule has 2 aliphatic rings. The second kappa shape index (κ2) is 6.30. The number of carbonyl (C=O) groups is 2. The molecule has 2 rings (SSSR count). The minimum absolute atomic E-state index is 0.0625. The predicted molar refractivity (Wildman–Crippen MR) is 77.8 cm³/mol. The van der Waals surface area contributed by atoms with E-state index in [1.54, 1.807) is 9.80 Å². The fraction of sp³-hybridized carbons (Fsp3) is 0.750. The van der Waals surface area contributed by atoms with Crippen LogP contribution in [-0.2, 0) is 9.59 Å². The highest BCUT2D eigenvalue weighted by molar-refractivity contribution is 5.97. The fourth-order valence-corrected chi connectivity index (χ4v) is 3.41. The van der Waals surface area contributed by atoms with E-state index in [2.05, 4.69) is 12.8 Å². The van der Waals surface area contributed by atoms with Gasteiger partial charge in [0.05, 0.1) is 6.04 Å². The summed E-state index contributed by atoms with van der Waals surface area (Å²) < 4.78 is 0. The number of fused-ring (bicyclic) bond motifs is 1. The summed E-state index contributed by atoms with van der Waals surface area (Å²) >= 11 is 0. The second-order valence-corrected chi connectivity index (χ2v) is 5.68. The number of carbonyl (C=O) groups excluding carboxylic acids is 2. The quantitative estimate of drug-likeness (QED) is 0.735. The lowest BCUT2D eigenvalue weighted by Gasteiger charge is -2.48. The number of hydrogen-bond acceptors (Lipinski definition) is 2. The number of hydrogen-bond donors (Lipinski definition) is 0. The van der Waals surface area contributed by atoms with Gasteiger partial charge in [-0.3, -0.25) is 9.59 Å². The Bertz CT molecular complexity index is 427. The molecule has 0 saturated carbocycles. The number of piperidine rings is 1. The van der Waals surface area contributed by atoms with Crippen molar-refractivity contribution in [3.8, 4) is 12.3 Å². The largest absolute Gasteiger partial charge is 0.329 e. The van der Waals surface area contributed by atoms with E-state index in [1.807, 2.05) is 6.92 Å². The fourth-order valence-electron chi connectivity index (χ4n) is 3.41. The Kier molecular flexibility index (Phi) is 4.69. The molecule has 0 radical (unpaired) electrons. The molecule has 2 fully saturated rings. The maximum Gasteiger partial charge on any atom is 0.247 e. The molecule has 4 heteroatoms. The summed E-state index contributed by atoms with van der Waals surface area (Å²) in [6, 6.07) is -0.887. The Hall–Kier alpha value is -1.50. The van der Waals surface area contributed by atoms with Crippen LogP contribution in [0.2, 0.25) is 0 Å². The van der Waals surface area contributed by atoms with E-state index in [-0.39, 0.29) is 29.9 Å². The van der Waals surface area contributed by atoms with Gasteiger partial charge < -0.3 is 9.80 Å². The molecule has 0 aliphatic carbocycles. The van der Waals surface area contributed by atoms with Crippen molar-refractivity contribution in [1.82, 2.24) is 9.80 Å². The van der Waals surface area contributed by atoms with Crippen molar-refractivity contribution in [1.29, 1.82) is 0 Å². The van der Waals surface area contributed by atoms with Gasteiger partial charge >= 0.3 is 0 Å². The molecule has 2 saturated heterocycles. The molecule has 0 spiro atoms. The van der Waals surface area contributed by atoms with Crippen LogP contribution in [0.15, 0.2) is 0 Å². The van der Waals surface area contributed by atoms with Crippen molar-refractivity contribution < 1.29 is 9.59 Å². The van der Waals surface area contributed by atoms with Gasteiger partial charge in [0, 0.05) is 6.54 Å². The summed E-state index contributed by atoms with van der Waals surface area (Å²) in [7, 11) is 0. The first-order valence-corrected chi connectivity index (χ1v) is 7.74. The first kappa shape index (κ1) is 14.9. The van der Waals surface area contributed by atoms with E-state index in [0.717, 1.165) is 32.1 Å². The normalized spacial score (nSPS) is 28.1. The van der Waals surface area contributed by atoms with Crippen molar-refractivity contribution in [2.45, 2.75) is 70.5 Å². The Morgan fingerprint density at radius 2 is 2.05 bits per heavy atom. The van der Waals surface area contributed by atoms with Crippen LogP contribution in [0, 0.1) is 12.3 Å². The lowest BCUT2D eigenvalue weighted by Crippen LogP contribution is -2.67. The Morgan fingerprint density at radius 1 is 1.30 bits per heavy atom. The zero-order valence-electron chi connectivity index (χ0n) is 12.5. The number of nitrogens with zero attached hydrogens (tertiary/aromatic N) is 2. The summed E-state index contributed by atoms with van der Waals surface area (Å²) in [6.45, 7) is 4.72. The molecule has 0 aromatic carbocycles. The van der Waals surface area contributed by atoms with E-state index in [1.165, 1.54) is 0 Å². The molecule has 2 amide bonds. The third-order valence-electron chi connectivity index (χ3n) is 4.42. The molecule has 0 aromatic rings. The zero-order chi connectivity index (χ0) is 14.7. The SMILES string of the molecule is C#CC(CCC)N1C(=O)C2CCCCN2C(=O)C1CC. The van der Waals surface area contributed by atoms with Crippen molar-refractivity contribution >= 4 is 11.8 Å². The molecular weight excluding hydrogens is 252 g/mol. The van der Waals surface area contributed by atoms with Gasteiger partial charge in [0.2, 0.25) is 11.8 Å². The first-order valence-electron chi connectivity index (χ1n) is 7.74. The van der Waals surface area contributed by atoms with Gasteiger partial charge in [-0.15, -0.1) is 6.42 Å². The summed E-state index contributed by atoms with van der Waals surface area (Å²) in [6.07, 6.45) is 10.7. The summed E-state index contributed by atoms with van der Waals surface area (Å²) in [4.78, 5) is 28.9. The lowest BCUT2D eigenvalue weighted by molar-refractivity contribution is -0.165. The third kappa shape index (κ3) is 2.42. The molecule has 2 aliphatic heterocycles. The van der Waals surface area contributed by atoms with Crippen LogP contribution in [0.1, 0.15) is 52.4 Å². The molecule has 0 N–H and O–H groups in total. The Balaban J connectivity index is 2.31. The number of terminal acetylenes is 1. The van der Waals surface area contributed by atoms with Crippen LogP contribution in [0.25, 0.3) is 0 Å². The van der Waals surface area contributed by atoms with Crippen molar-refractivity contribution in [2.75, 3.05) is 6.54 Å². The van der Waals surface area contributed by atoms with Crippen molar-refractivity contribution in [3.63, 3.8) is 0 Å². The minimum Gasteiger partial charge on any atom is -0.329 e. The smallest absolute Gasteiger partial charge is 0.247 e. The number of rotatable bonds is 4. The van der Waals surface area contributed by atoms with Crippen molar-refractivity contribution in [2.24, 2.45) is 0 Å². The number of piperazine rings is 1. The van der Waals surface area contributed by atoms with Gasteiger partial charge in [0.1, 0.15) is 12.1 Å². The molecule has 2 heterocycles. The average Bonchev–Trinajstić information content (AvgIpc) is 2.48. The molecule has 0 aromatic heterocycles. The molecule has 110 valence electrons. The number of amides is 2. The van der Waals surface area contributed by atoms with E-state index >= 15 is 0 Å². The zero-order valence-corrected chi connectivity index (χ0v) is 12.5. The molecule has 20 heavy (non-hydrogen) atoms. The summed E-state index contributed by atoms with van der Waals surface area (Å²) in [5, 5.41) is 0. The first-order chi connectivity index (χ1) is 9.65. The maximum absolute atomic E-state index is 12.8. The van der Waals surface area contributed by atoms with Crippen LogP contribution >= 0.6 is 0 Å². The monoisotopic (exact) mass is 276 g/mol. The predicted octanol–water partition coefficient (Wildman–Crippen LogP) is 1.79. The molecule has 3 atom stereocenters. The molecular formula is C16H24N2O2. The summed E-state index contributed by atoms with van der Waals surface area (Å²) in [5.74, 6) is 2.87. The standard InChI is InChI=1S/C16H24N2O2/c1-4-9-12(5-2)18-13(6-3)15(19)17-11-8-7-10-14(17)16(18)20/h2,12-14H,4,6-11H2,1,3H3. The highest BCUT2D eigenvalue weighted by atomic mass is 16.2. The van der Waals surface area contributed by atoms with E-state index < -0.39 is 0 Å². The van der Waals surface area contributed by atoms with Gasteiger partial charge in [-0.1, -0.05) is 26.2 Å². The van der Waals surface area contributed by atoms with Gasteiger partial charge in [0.15, 0.2) is 0 Å². The van der Waals surface area contributed by atoms with Gasteiger partial charge in [-0.2, -0.15) is 0 Å². The lowest BCUT2D eigenvalue weighted by atomic mass is 9.92. The van der Waals surface area contributed by atoms with E-state index in [4.69, 9.17) is 6.42 Å². The third-order valence-corrected chi connectivity index (χ3v) is 4.42. The highest BCUT2D eigenvalue weighted by Gasteiger charge is 2.47. The van der Waals surface area contributed by atoms with Crippen molar-refractivity contribution in [3.05, 3.63) is 0 Å². The second-order valence-electron chi connectivity index (χ2n) is 5.68. The molecule has 3 unspecified atom stereocenters. The summed E-state index contributed by atoms with van der Waals surface area (Å²) in [5.41, 5.74) is 0. The Labute approximate surface area is 121 Å². The van der Waals surface area contributed by atoms with Crippen LogP contribution in [-0.4, -0.2) is 46.3 Å². The van der Waals surface area contributed by atoms with Gasteiger partial charge in [-0.25, -0.2) is 0 Å². The van der Waals surface area contributed by atoms with Crippen LogP contribution in [0.4, 0.5) is 0 Å². The molecule has 0 bridgehead atoms. The van der Waals surface area contributed by atoms with E-state index in [0.29, 0.717) is 13.0 Å². The van der Waals surface area contributed by atoms with Gasteiger partial charge in [0.25, 0.3) is 0 Å². The van der Waals surface area contributed by atoms with Gasteiger partial charge in [-0.05, 0) is 32.1 Å². The van der Waals surface area contributed by atoms with Crippen LogP contribution < -0.4 is 0 Å². The maximum atomic E-state index is 12.8. The van der Waals surface area contributed by atoms with Crippen LogP contribution in [0.5, 0.6) is 0 Å². The highest BCUT2D eigenvalue weighted by Crippen LogP contribution is 2.29. The Morgan fingerprint density at radius 3 is 2.65 bits per heavy atom. The van der Waals surface area contributed by atoms with E-state index in [9.17, 15) is 9.59 Å². The average molecular weight is 276 g/mol. The minimum atomic E-state index is -0.371. The molecule has 4 nitrogen and oxygen atoms in total. The topological polar surface area (TPSA) is 40.6 Å².